The predicted molar refractivity (Wildman–Crippen MR) is 141 cm³/mol. The Morgan fingerprint density at radius 2 is 1.81 bits per heavy atom. The van der Waals surface area contributed by atoms with Crippen LogP contribution in [-0.4, -0.2) is 41.3 Å². The van der Waals surface area contributed by atoms with Gasteiger partial charge in [-0.05, 0) is 48.6 Å². The molecule has 1 saturated carbocycles. The van der Waals surface area contributed by atoms with Crippen LogP contribution in [0.2, 0.25) is 5.02 Å². The Bertz CT molecular complexity index is 1080. The summed E-state index contributed by atoms with van der Waals surface area (Å²) in [6, 6.07) is 14.4. The third-order valence-corrected chi connectivity index (χ3v) is 7.32. The SMILES string of the molecule is O=C(N[C@@H](CC1CCCCC1)C(=O)N[C@@H]1CCC(=O)N(c2ccccc2)[C@@H]1O)OCc1cccc(Cl)c1. The normalized spacial score (nSPS) is 21.2. The van der Waals surface area contributed by atoms with Gasteiger partial charge in [-0.15, -0.1) is 0 Å². The number of nitrogens with zero attached hydrogens (tertiary/aromatic N) is 1. The quantitative estimate of drug-likeness (QED) is 0.467. The molecule has 2 aromatic rings. The molecule has 2 aliphatic rings. The van der Waals surface area contributed by atoms with Crippen molar-refractivity contribution < 1.29 is 24.2 Å². The van der Waals surface area contributed by atoms with Crippen LogP contribution in [0.1, 0.15) is 56.9 Å². The highest BCUT2D eigenvalue weighted by molar-refractivity contribution is 6.30. The topological polar surface area (TPSA) is 108 Å². The van der Waals surface area contributed by atoms with Gasteiger partial charge in [-0.2, -0.15) is 0 Å². The highest BCUT2D eigenvalue weighted by Gasteiger charge is 2.38. The third kappa shape index (κ3) is 7.46. The standard InChI is InChI=1S/C28H34ClN3O5/c29-21-11-7-10-20(16-21)18-37-28(36)31-24(17-19-8-3-1-4-9-19)26(34)30-23-14-15-25(33)32(27(23)35)22-12-5-2-6-13-22/h2,5-7,10-13,16,19,23-24,27,35H,1,3-4,8-9,14-15,17-18H2,(H,30,34)(H,31,36)/t23-,24+,27-/m1/s1. The van der Waals surface area contributed by atoms with Gasteiger partial charge < -0.3 is 20.5 Å². The molecule has 2 fully saturated rings. The van der Waals surface area contributed by atoms with Gasteiger partial charge in [0.15, 0.2) is 6.23 Å². The number of anilines is 1. The number of amides is 3. The van der Waals surface area contributed by atoms with E-state index in [0.717, 1.165) is 31.2 Å². The first-order valence-corrected chi connectivity index (χ1v) is 13.3. The minimum absolute atomic E-state index is 0.0274. The summed E-state index contributed by atoms with van der Waals surface area (Å²) >= 11 is 6.00. The minimum atomic E-state index is -1.21. The molecule has 0 radical (unpaired) electrons. The van der Waals surface area contributed by atoms with Crippen LogP contribution in [0.4, 0.5) is 10.5 Å². The van der Waals surface area contributed by atoms with Crippen molar-refractivity contribution in [1.29, 1.82) is 0 Å². The largest absolute Gasteiger partial charge is 0.445 e. The monoisotopic (exact) mass is 527 g/mol. The Hall–Kier alpha value is -3.10. The lowest BCUT2D eigenvalue weighted by Crippen LogP contribution is -2.60. The summed E-state index contributed by atoms with van der Waals surface area (Å²) < 4.78 is 5.36. The molecule has 37 heavy (non-hydrogen) atoms. The van der Waals surface area contributed by atoms with Gasteiger partial charge in [0.1, 0.15) is 12.6 Å². The summed E-state index contributed by atoms with van der Waals surface area (Å²) in [4.78, 5) is 39.9. The number of benzene rings is 2. The fourth-order valence-electron chi connectivity index (χ4n) is 5.14. The summed E-state index contributed by atoms with van der Waals surface area (Å²) in [6.07, 6.45) is 4.49. The Balaban J connectivity index is 1.41. The van der Waals surface area contributed by atoms with Crippen LogP contribution in [0.5, 0.6) is 0 Å². The molecule has 1 aliphatic heterocycles. The van der Waals surface area contributed by atoms with Crippen molar-refractivity contribution in [2.45, 2.75) is 76.3 Å². The first-order valence-electron chi connectivity index (χ1n) is 12.9. The molecule has 0 unspecified atom stereocenters. The molecule has 0 aromatic heterocycles. The summed E-state index contributed by atoms with van der Waals surface area (Å²) in [5.74, 6) is -0.279. The van der Waals surface area contributed by atoms with Crippen molar-refractivity contribution in [3.63, 3.8) is 0 Å². The van der Waals surface area contributed by atoms with Crippen LogP contribution in [0, 0.1) is 5.92 Å². The molecular weight excluding hydrogens is 494 g/mol. The number of ether oxygens (including phenoxy) is 1. The van der Waals surface area contributed by atoms with E-state index < -0.39 is 30.3 Å². The van der Waals surface area contributed by atoms with Crippen LogP contribution in [0.15, 0.2) is 54.6 Å². The van der Waals surface area contributed by atoms with Crippen LogP contribution in [0.25, 0.3) is 0 Å². The number of aliphatic hydroxyl groups excluding tert-OH is 1. The Labute approximate surface area is 222 Å². The molecule has 3 amide bonds. The van der Waals surface area contributed by atoms with Gasteiger partial charge in [0.2, 0.25) is 11.8 Å². The molecule has 2 aromatic carbocycles. The fourth-order valence-corrected chi connectivity index (χ4v) is 5.35. The molecule has 0 bridgehead atoms. The van der Waals surface area contributed by atoms with Crippen molar-refractivity contribution in [1.82, 2.24) is 10.6 Å². The maximum absolute atomic E-state index is 13.4. The van der Waals surface area contributed by atoms with E-state index in [1.165, 1.54) is 11.3 Å². The average molecular weight is 528 g/mol. The molecule has 8 nitrogen and oxygen atoms in total. The number of piperidine rings is 1. The number of carbonyl (C=O) groups is 3. The van der Waals surface area contributed by atoms with E-state index in [0.29, 0.717) is 29.5 Å². The molecule has 1 heterocycles. The lowest BCUT2D eigenvalue weighted by molar-refractivity contribution is -0.129. The van der Waals surface area contributed by atoms with Crippen molar-refractivity contribution >= 4 is 35.2 Å². The molecule has 1 saturated heterocycles. The summed E-state index contributed by atoms with van der Waals surface area (Å²) in [6.45, 7) is 0.0274. The van der Waals surface area contributed by atoms with Gasteiger partial charge in [0.25, 0.3) is 0 Å². The molecule has 4 rings (SSSR count). The Kier molecular flexibility index (Phi) is 9.41. The molecule has 0 spiro atoms. The molecular formula is C28H34ClN3O5. The van der Waals surface area contributed by atoms with Gasteiger partial charge in [0.05, 0.1) is 6.04 Å². The average Bonchev–Trinajstić information content (AvgIpc) is 2.90. The number of alkyl carbamates (subject to hydrolysis) is 1. The number of carbonyl (C=O) groups excluding carboxylic acids is 3. The van der Waals surface area contributed by atoms with Crippen molar-refractivity contribution in [2.24, 2.45) is 5.92 Å². The number of hydrogen-bond donors (Lipinski definition) is 3. The summed E-state index contributed by atoms with van der Waals surface area (Å²) in [7, 11) is 0. The number of para-hydroxylation sites is 1. The van der Waals surface area contributed by atoms with Gasteiger partial charge in [-0.25, -0.2) is 4.79 Å². The smallest absolute Gasteiger partial charge is 0.408 e. The molecule has 1 aliphatic carbocycles. The summed E-state index contributed by atoms with van der Waals surface area (Å²) in [5.41, 5.74) is 1.31. The van der Waals surface area contributed by atoms with Crippen LogP contribution >= 0.6 is 11.6 Å². The van der Waals surface area contributed by atoms with E-state index in [1.807, 2.05) is 6.07 Å². The second-order valence-electron chi connectivity index (χ2n) is 9.81. The maximum atomic E-state index is 13.4. The highest BCUT2D eigenvalue weighted by atomic mass is 35.5. The predicted octanol–water partition coefficient (Wildman–Crippen LogP) is 4.54. The highest BCUT2D eigenvalue weighted by Crippen LogP contribution is 2.28. The zero-order valence-corrected chi connectivity index (χ0v) is 21.5. The molecule has 3 N–H and O–H groups in total. The van der Waals surface area contributed by atoms with E-state index in [1.54, 1.807) is 48.5 Å². The molecule has 9 heteroatoms. The fraction of sp³-hybridized carbons (Fsp3) is 0.464. The first kappa shape index (κ1) is 26.9. The van der Waals surface area contributed by atoms with Crippen molar-refractivity contribution in [3.05, 3.63) is 65.2 Å². The second kappa shape index (κ2) is 12.9. The third-order valence-electron chi connectivity index (χ3n) is 7.09. The van der Waals surface area contributed by atoms with Crippen LogP contribution in [-0.2, 0) is 20.9 Å². The zero-order valence-electron chi connectivity index (χ0n) is 20.8. The molecule has 3 atom stereocenters. The van der Waals surface area contributed by atoms with Crippen LogP contribution < -0.4 is 15.5 Å². The van der Waals surface area contributed by atoms with E-state index in [-0.39, 0.29) is 18.9 Å². The maximum Gasteiger partial charge on any atom is 0.408 e. The lowest BCUT2D eigenvalue weighted by atomic mass is 9.84. The number of halogens is 1. The van der Waals surface area contributed by atoms with Crippen molar-refractivity contribution in [3.8, 4) is 0 Å². The molecule has 198 valence electrons. The Morgan fingerprint density at radius 3 is 2.54 bits per heavy atom. The number of rotatable bonds is 8. The van der Waals surface area contributed by atoms with Gasteiger partial charge >= 0.3 is 6.09 Å². The minimum Gasteiger partial charge on any atom is -0.445 e. The van der Waals surface area contributed by atoms with E-state index in [4.69, 9.17) is 16.3 Å². The summed E-state index contributed by atoms with van der Waals surface area (Å²) in [5, 5.41) is 17.2. The number of aliphatic hydroxyl groups is 1. The van der Waals surface area contributed by atoms with Crippen LogP contribution in [0.3, 0.4) is 0 Å². The first-order chi connectivity index (χ1) is 17.9. The van der Waals surface area contributed by atoms with E-state index in [9.17, 15) is 19.5 Å². The Morgan fingerprint density at radius 1 is 1.05 bits per heavy atom. The van der Waals surface area contributed by atoms with Gasteiger partial charge in [-0.3, -0.25) is 14.5 Å². The lowest BCUT2D eigenvalue weighted by Gasteiger charge is -2.38. The number of nitrogens with one attached hydrogen (secondary N) is 2. The zero-order chi connectivity index (χ0) is 26.2. The van der Waals surface area contributed by atoms with E-state index >= 15 is 0 Å². The second-order valence-corrected chi connectivity index (χ2v) is 10.2. The van der Waals surface area contributed by atoms with Gasteiger partial charge in [0, 0.05) is 17.1 Å². The number of hydrogen-bond acceptors (Lipinski definition) is 5. The van der Waals surface area contributed by atoms with Gasteiger partial charge in [-0.1, -0.05) is 74.0 Å². The van der Waals surface area contributed by atoms with Crippen molar-refractivity contribution in [2.75, 3.05) is 4.90 Å². The van der Waals surface area contributed by atoms with E-state index in [2.05, 4.69) is 10.6 Å².